The number of amides is 1. The predicted octanol–water partition coefficient (Wildman–Crippen LogP) is 1.81. The molecule has 2 rings (SSSR count). The minimum absolute atomic E-state index is 0.112. The first kappa shape index (κ1) is 13.8. The maximum Gasteiger partial charge on any atom is 0.270 e. The Bertz CT molecular complexity index is 436. The van der Waals surface area contributed by atoms with E-state index in [1.165, 1.54) is 0 Å². The van der Waals surface area contributed by atoms with E-state index < -0.39 is 0 Å². The number of hydrogen-bond acceptors (Lipinski definition) is 4. The summed E-state index contributed by atoms with van der Waals surface area (Å²) < 4.78 is 5.47. The third-order valence-corrected chi connectivity index (χ3v) is 3.16. The van der Waals surface area contributed by atoms with Gasteiger partial charge in [0.2, 0.25) is 0 Å². The van der Waals surface area contributed by atoms with Crippen LogP contribution in [-0.4, -0.2) is 36.2 Å². The van der Waals surface area contributed by atoms with Gasteiger partial charge in [-0.2, -0.15) is 0 Å². The largest absolute Gasteiger partial charge is 0.378 e. The fourth-order valence-corrected chi connectivity index (χ4v) is 2.23. The first-order valence-corrected chi connectivity index (χ1v) is 6.82. The minimum Gasteiger partial charge on any atom is -0.378 e. The molecule has 0 spiro atoms. The number of rotatable bonds is 4. The van der Waals surface area contributed by atoms with Gasteiger partial charge in [0, 0.05) is 19.2 Å². The third-order valence-electron chi connectivity index (χ3n) is 3.16. The summed E-state index contributed by atoms with van der Waals surface area (Å²) in [6.07, 6.45) is 1.93. The van der Waals surface area contributed by atoms with Crippen LogP contribution in [0.1, 0.15) is 37.2 Å². The fourth-order valence-electron chi connectivity index (χ4n) is 2.23. The molecule has 5 heteroatoms. The van der Waals surface area contributed by atoms with Crippen molar-refractivity contribution in [2.24, 2.45) is 0 Å². The van der Waals surface area contributed by atoms with Crippen LogP contribution in [0.15, 0.2) is 18.2 Å². The molecule has 1 aromatic heterocycles. The van der Waals surface area contributed by atoms with Gasteiger partial charge in [-0.05, 0) is 38.8 Å². The number of ether oxygens (including phenoxy) is 1. The van der Waals surface area contributed by atoms with Crippen LogP contribution in [0.2, 0.25) is 0 Å². The number of hydrogen-bond donors (Lipinski definition) is 2. The topological polar surface area (TPSA) is 63.2 Å². The molecular weight excluding hydrogens is 242 g/mol. The van der Waals surface area contributed by atoms with Crippen molar-refractivity contribution in [3.8, 4) is 0 Å². The van der Waals surface area contributed by atoms with E-state index in [0.29, 0.717) is 12.3 Å². The van der Waals surface area contributed by atoms with Gasteiger partial charge in [-0.1, -0.05) is 6.07 Å². The van der Waals surface area contributed by atoms with E-state index in [1.54, 1.807) is 6.07 Å². The summed E-state index contributed by atoms with van der Waals surface area (Å²) in [5, 5.41) is 6.13. The van der Waals surface area contributed by atoms with Crippen molar-refractivity contribution < 1.29 is 9.53 Å². The lowest BCUT2D eigenvalue weighted by Gasteiger charge is -2.27. The van der Waals surface area contributed by atoms with E-state index >= 15 is 0 Å². The average Bonchev–Trinajstić information content (AvgIpc) is 2.39. The Labute approximate surface area is 113 Å². The number of anilines is 1. The van der Waals surface area contributed by atoms with Crippen molar-refractivity contribution in [2.45, 2.75) is 38.8 Å². The monoisotopic (exact) mass is 263 g/mol. The van der Waals surface area contributed by atoms with Crippen LogP contribution in [0, 0.1) is 0 Å². The summed E-state index contributed by atoms with van der Waals surface area (Å²) in [5.74, 6) is 0.620. The smallest absolute Gasteiger partial charge is 0.270 e. The van der Waals surface area contributed by atoms with Gasteiger partial charge in [-0.15, -0.1) is 0 Å². The third kappa shape index (κ3) is 3.92. The fraction of sp³-hybridized carbons (Fsp3) is 0.571. The highest BCUT2D eigenvalue weighted by Crippen LogP contribution is 2.14. The van der Waals surface area contributed by atoms with E-state index in [1.807, 2.05) is 26.0 Å². The lowest BCUT2D eigenvalue weighted by molar-refractivity contribution is 0.0136. The van der Waals surface area contributed by atoms with Gasteiger partial charge >= 0.3 is 0 Å². The quantitative estimate of drug-likeness (QED) is 0.869. The van der Waals surface area contributed by atoms with Crippen LogP contribution in [0.4, 0.5) is 5.82 Å². The highest BCUT2D eigenvalue weighted by atomic mass is 16.5. The van der Waals surface area contributed by atoms with Crippen LogP contribution >= 0.6 is 0 Å². The van der Waals surface area contributed by atoms with Gasteiger partial charge in [-0.3, -0.25) is 4.79 Å². The maximum atomic E-state index is 12.1. The summed E-state index contributed by atoms with van der Waals surface area (Å²) >= 11 is 0. The number of carbonyl (C=O) groups excluding carboxylic acids is 1. The van der Waals surface area contributed by atoms with Gasteiger partial charge in [0.25, 0.3) is 5.91 Å². The van der Waals surface area contributed by atoms with Gasteiger partial charge in [0.05, 0.1) is 6.10 Å². The molecule has 0 aliphatic carbocycles. The Morgan fingerprint density at radius 2 is 2.37 bits per heavy atom. The van der Waals surface area contributed by atoms with Crippen LogP contribution in [0.3, 0.4) is 0 Å². The molecule has 2 atom stereocenters. The van der Waals surface area contributed by atoms with Gasteiger partial charge in [-0.25, -0.2) is 4.98 Å². The molecule has 1 amide bonds. The Morgan fingerprint density at radius 3 is 3.11 bits per heavy atom. The standard InChI is InChI=1S/C14H21N3O2/c1-3-15-13-6-4-5-12(17-13)14(18)16-11-7-8-19-10(2)9-11/h4-6,10-11H,3,7-9H2,1-2H3,(H,15,17)(H,16,18). The Hall–Kier alpha value is -1.62. The molecule has 19 heavy (non-hydrogen) atoms. The summed E-state index contributed by atoms with van der Waals surface area (Å²) in [4.78, 5) is 16.4. The van der Waals surface area contributed by atoms with Crippen molar-refractivity contribution in [3.05, 3.63) is 23.9 Å². The first-order chi connectivity index (χ1) is 9.19. The molecular formula is C14H21N3O2. The molecule has 0 bridgehead atoms. The van der Waals surface area contributed by atoms with E-state index in [4.69, 9.17) is 4.74 Å². The number of pyridine rings is 1. The molecule has 2 heterocycles. The normalized spacial score (nSPS) is 22.8. The number of carbonyl (C=O) groups is 1. The predicted molar refractivity (Wildman–Crippen MR) is 74.3 cm³/mol. The molecule has 1 aliphatic rings. The number of aromatic nitrogens is 1. The molecule has 0 saturated carbocycles. The van der Waals surface area contributed by atoms with Crippen LogP contribution in [0.25, 0.3) is 0 Å². The summed E-state index contributed by atoms with van der Waals surface area (Å²) in [7, 11) is 0. The summed E-state index contributed by atoms with van der Waals surface area (Å²) in [5.41, 5.74) is 0.456. The average molecular weight is 263 g/mol. The first-order valence-electron chi connectivity index (χ1n) is 6.82. The second kappa shape index (κ2) is 6.52. The summed E-state index contributed by atoms with van der Waals surface area (Å²) in [6.45, 7) is 5.52. The molecule has 2 unspecified atom stereocenters. The van der Waals surface area contributed by atoms with E-state index in [0.717, 1.165) is 25.2 Å². The Kier molecular flexibility index (Phi) is 4.74. The van der Waals surface area contributed by atoms with E-state index in [2.05, 4.69) is 15.6 Å². The van der Waals surface area contributed by atoms with Gasteiger partial charge in [0.1, 0.15) is 11.5 Å². The Morgan fingerprint density at radius 1 is 1.53 bits per heavy atom. The molecule has 1 aromatic rings. The summed E-state index contributed by atoms with van der Waals surface area (Å²) in [6, 6.07) is 5.61. The maximum absolute atomic E-state index is 12.1. The molecule has 0 aromatic carbocycles. The second-order valence-electron chi connectivity index (χ2n) is 4.81. The van der Waals surface area contributed by atoms with Crippen LogP contribution in [-0.2, 0) is 4.74 Å². The zero-order chi connectivity index (χ0) is 13.7. The van der Waals surface area contributed by atoms with Crippen molar-refractivity contribution in [2.75, 3.05) is 18.5 Å². The van der Waals surface area contributed by atoms with Crippen molar-refractivity contribution in [1.82, 2.24) is 10.3 Å². The molecule has 1 saturated heterocycles. The van der Waals surface area contributed by atoms with Crippen LogP contribution in [0.5, 0.6) is 0 Å². The second-order valence-corrected chi connectivity index (χ2v) is 4.81. The van der Waals surface area contributed by atoms with Gasteiger partial charge < -0.3 is 15.4 Å². The van der Waals surface area contributed by atoms with Crippen molar-refractivity contribution in [1.29, 1.82) is 0 Å². The zero-order valence-corrected chi connectivity index (χ0v) is 11.5. The number of nitrogens with zero attached hydrogens (tertiary/aromatic N) is 1. The molecule has 0 radical (unpaired) electrons. The lowest BCUT2D eigenvalue weighted by Crippen LogP contribution is -2.41. The Balaban J connectivity index is 1.97. The molecule has 1 fully saturated rings. The van der Waals surface area contributed by atoms with Crippen molar-refractivity contribution >= 4 is 11.7 Å². The van der Waals surface area contributed by atoms with Crippen LogP contribution < -0.4 is 10.6 Å². The molecule has 5 nitrogen and oxygen atoms in total. The minimum atomic E-state index is -0.112. The highest BCUT2D eigenvalue weighted by molar-refractivity contribution is 5.92. The number of nitrogens with one attached hydrogen (secondary N) is 2. The van der Waals surface area contributed by atoms with E-state index in [-0.39, 0.29) is 18.1 Å². The van der Waals surface area contributed by atoms with E-state index in [9.17, 15) is 4.79 Å². The molecule has 2 N–H and O–H groups in total. The highest BCUT2D eigenvalue weighted by Gasteiger charge is 2.21. The molecule has 104 valence electrons. The lowest BCUT2D eigenvalue weighted by atomic mass is 10.0. The zero-order valence-electron chi connectivity index (χ0n) is 11.5. The van der Waals surface area contributed by atoms with Gasteiger partial charge in [0.15, 0.2) is 0 Å². The SMILES string of the molecule is CCNc1cccc(C(=O)NC2CCOC(C)C2)n1. The van der Waals surface area contributed by atoms with Crippen molar-refractivity contribution in [3.63, 3.8) is 0 Å². The molecule has 1 aliphatic heterocycles.